The van der Waals surface area contributed by atoms with E-state index in [-0.39, 0.29) is 22.6 Å². The zero-order valence-corrected chi connectivity index (χ0v) is 18.0. The molecule has 0 aliphatic carbocycles. The second-order valence-corrected chi connectivity index (χ2v) is 9.68. The van der Waals surface area contributed by atoms with Crippen molar-refractivity contribution >= 4 is 35.0 Å². The molecule has 1 fully saturated rings. The standard InChI is InChI=1S/C23H28N2O2S/c1-15-9-10-19(11-16(15)2)25-21(27)14-28-22(25)17-7-6-8-18(12-17)24-20(26)13-23(3,4)5/h6-12,22H,13-14H2,1-5H3,(H,24,26). The highest BCUT2D eigenvalue weighted by Gasteiger charge is 2.34. The maximum Gasteiger partial charge on any atom is 0.238 e. The minimum Gasteiger partial charge on any atom is -0.326 e. The highest BCUT2D eigenvalue weighted by atomic mass is 32.2. The average Bonchev–Trinajstić information content (AvgIpc) is 2.97. The van der Waals surface area contributed by atoms with E-state index in [1.807, 2.05) is 56.0 Å². The van der Waals surface area contributed by atoms with Gasteiger partial charge in [-0.1, -0.05) is 39.0 Å². The van der Waals surface area contributed by atoms with Gasteiger partial charge in [0.2, 0.25) is 11.8 Å². The van der Waals surface area contributed by atoms with Crippen molar-refractivity contribution < 1.29 is 9.59 Å². The van der Waals surface area contributed by atoms with Crippen LogP contribution in [0.25, 0.3) is 0 Å². The van der Waals surface area contributed by atoms with Crippen LogP contribution < -0.4 is 10.2 Å². The van der Waals surface area contributed by atoms with E-state index in [2.05, 4.69) is 31.3 Å². The predicted molar refractivity (Wildman–Crippen MR) is 118 cm³/mol. The Balaban J connectivity index is 1.84. The second kappa shape index (κ2) is 8.00. The average molecular weight is 397 g/mol. The molecule has 1 saturated heterocycles. The van der Waals surface area contributed by atoms with Crippen molar-refractivity contribution in [3.63, 3.8) is 0 Å². The third-order valence-electron chi connectivity index (χ3n) is 4.78. The van der Waals surface area contributed by atoms with E-state index in [0.29, 0.717) is 12.2 Å². The largest absolute Gasteiger partial charge is 0.326 e. The van der Waals surface area contributed by atoms with E-state index >= 15 is 0 Å². The summed E-state index contributed by atoms with van der Waals surface area (Å²) < 4.78 is 0. The first-order valence-electron chi connectivity index (χ1n) is 9.55. The molecule has 3 rings (SSSR count). The molecule has 2 aromatic rings. The summed E-state index contributed by atoms with van der Waals surface area (Å²) in [6.45, 7) is 10.3. The number of rotatable bonds is 4. The molecule has 2 aromatic carbocycles. The second-order valence-electron chi connectivity index (χ2n) is 8.61. The quantitative estimate of drug-likeness (QED) is 0.747. The molecule has 1 aliphatic heterocycles. The van der Waals surface area contributed by atoms with E-state index in [9.17, 15) is 9.59 Å². The zero-order valence-electron chi connectivity index (χ0n) is 17.2. The number of carbonyl (C=O) groups is 2. The molecule has 4 nitrogen and oxygen atoms in total. The smallest absolute Gasteiger partial charge is 0.238 e. The molecule has 1 unspecified atom stereocenters. The summed E-state index contributed by atoms with van der Waals surface area (Å²) in [6, 6.07) is 14.0. The van der Waals surface area contributed by atoms with Gasteiger partial charge in [0, 0.05) is 17.8 Å². The van der Waals surface area contributed by atoms with Gasteiger partial charge in [-0.15, -0.1) is 11.8 Å². The number of amides is 2. The molecule has 2 amide bonds. The molecular formula is C23H28N2O2S. The molecule has 0 spiro atoms. The van der Waals surface area contributed by atoms with E-state index in [4.69, 9.17) is 0 Å². The lowest BCUT2D eigenvalue weighted by molar-refractivity contribution is -0.118. The Labute approximate surface area is 171 Å². The summed E-state index contributed by atoms with van der Waals surface area (Å²) in [7, 11) is 0. The van der Waals surface area contributed by atoms with Crippen LogP contribution >= 0.6 is 11.8 Å². The summed E-state index contributed by atoms with van der Waals surface area (Å²) in [6.07, 6.45) is 0.461. The molecule has 0 radical (unpaired) electrons. The van der Waals surface area contributed by atoms with Crippen LogP contribution in [-0.2, 0) is 9.59 Å². The van der Waals surface area contributed by atoms with Crippen molar-refractivity contribution in [3.05, 3.63) is 59.2 Å². The van der Waals surface area contributed by atoms with Gasteiger partial charge in [-0.05, 0) is 60.2 Å². The Kier molecular flexibility index (Phi) is 5.84. The van der Waals surface area contributed by atoms with Crippen LogP contribution in [0.15, 0.2) is 42.5 Å². The Morgan fingerprint density at radius 1 is 1.14 bits per heavy atom. The number of hydrogen-bond donors (Lipinski definition) is 1. The van der Waals surface area contributed by atoms with Gasteiger partial charge in [0.05, 0.1) is 5.75 Å². The summed E-state index contributed by atoms with van der Waals surface area (Å²) in [4.78, 5) is 26.8. The van der Waals surface area contributed by atoms with Gasteiger partial charge in [-0.2, -0.15) is 0 Å². The van der Waals surface area contributed by atoms with Crippen molar-refractivity contribution in [2.75, 3.05) is 16.0 Å². The fourth-order valence-corrected chi connectivity index (χ4v) is 4.45. The lowest BCUT2D eigenvalue weighted by Gasteiger charge is -2.25. The molecule has 1 heterocycles. The summed E-state index contributed by atoms with van der Waals surface area (Å²) in [5.41, 5.74) is 5.03. The first-order chi connectivity index (χ1) is 13.1. The van der Waals surface area contributed by atoms with Gasteiger partial charge >= 0.3 is 0 Å². The molecular weight excluding hydrogens is 368 g/mol. The highest BCUT2D eigenvalue weighted by molar-refractivity contribution is 8.00. The molecule has 1 aliphatic rings. The van der Waals surface area contributed by atoms with Crippen LogP contribution in [0.2, 0.25) is 0 Å². The Bertz CT molecular complexity index is 902. The number of aryl methyl sites for hydroxylation is 2. The molecule has 0 saturated carbocycles. The maximum absolute atomic E-state index is 12.6. The van der Waals surface area contributed by atoms with Gasteiger partial charge < -0.3 is 5.32 Å². The molecule has 148 valence electrons. The first-order valence-corrected chi connectivity index (χ1v) is 10.6. The lowest BCUT2D eigenvalue weighted by atomic mass is 9.92. The normalized spacial score (nSPS) is 17.1. The Morgan fingerprint density at radius 2 is 1.89 bits per heavy atom. The number of benzene rings is 2. The van der Waals surface area contributed by atoms with Crippen LogP contribution in [0.5, 0.6) is 0 Å². The summed E-state index contributed by atoms with van der Waals surface area (Å²) in [5, 5.41) is 2.90. The van der Waals surface area contributed by atoms with Crippen molar-refractivity contribution in [3.8, 4) is 0 Å². The Hall–Kier alpha value is -2.27. The van der Waals surface area contributed by atoms with Crippen molar-refractivity contribution in [2.24, 2.45) is 5.41 Å². The molecule has 28 heavy (non-hydrogen) atoms. The minimum atomic E-state index is -0.0888. The lowest BCUT2D eigenvalue weighted by Crippen LogP contribution is -2.28. The molecule has 0 bridgehead atoms. The van der Waals surface area contributed by atoms with Crippen molar-refractivity contribution in [1.82, 2.24) is 0 Å². The third kappa shape index (κ3) is 4.76. The van der Waals surface area contributed by atoms with E-state index in [1.165, 1.54) is 11.1 Å². The summed E-state index contributed by atoms with van der Waals surface area (Å²) in [5.74, 6) is 0.573. The SMILES string of the molecule is Cc1ccc(N2C(=O)CSC2c2cccc(NC(=O)CC(C)(C)C)c2)cc1C. The number of nitrogens with one attached hydrogen (secondary N) is 1. The fraction of sp³-hybridized carbons (Fsp3) is 0.391. The van der Waals surface area contributed by atoms with E-state index in [1.54, 1.807) is 11.8 Å². The number of anilines is 2. The van der Waals surface area contributed by atoms with Crippen molar-refractivity contribution in [1.29, 1.82) is 0 Å². The van der Waals surface area contributed by atoms with Crippen LogP contribution in [0.3, 0.4) is 0 Å². The van der Waals surface area contributed by atoms with Crippen LogP contribution in [0.1, 0.15) is 49.3 Å². The molecule has 1 atom stereocenters. The Morgan fingerprint density at radius 3 is 2.57 bits per heavy atom. The number of thioether (sulfide) groups is 1. The number of nitrogens with zero attached hydrogens (tertiary/aromatic N) is 1. The van der Waals surface area contributed by atoms with Crippen LogP contribution in [0.4, 0.5) is 11.4 Å². The maximum atomic E-state index is 12.6. The van der Waals surface area contributed by atoms with Gasteiger partial charge in [0.25, 0.3) is 0 Å². The topological polar surface area (TPSA) is 49.4 Å². The fourth-order valence-electron chi connectivity index (χ4n) is 3.28. The van der Waals surface area contributed by atoms with E-state index in [0.717, 1.165) is 16.9 Å². The number of carbonyl (C=O) groups excluding carboxylic acids is 2. The monoisotopic (exact) mass is 396 g/mol. The molecule has 5 heteroatoms. The van der Waals surface area contributed by atoms with Crippen molar-refractivity contribution in [2.45, 2.75) is 46.4 Å². The molecule has 0 aromatic heterocycles. The first kappa shape index (κ1) is 20.5. The van der Waals surface area contributed by atoms with Gasteiger partial charge in [-0.25, -0.2) is 0 Å². The van der Waals surface area contributed by atoms with Crippen LogP contribution in [0, 0.1) is 19.3 Å². The van der Waals surface area contributed by atoms with Gasteiger partial charge in [0.15, 0.2) is 0 Å². The predicted octanol–water partition coefficient (Wildman–Crippen LogP) is 5.46. The minimum absolute atomic E-state index is 0.00539. The third-order valence-corrected chi connectivity index (χ3v) is 6.00. The van der Waals surface area contributed by atoms with Gasteiger partial charge in [0.1, 0.15) is 5.37 Å². The van der Waals surface area contributed by atoms with E-state index < -0.39 is 0 Å². The molecule has 1 N–H and O–H groups in total. The summed E-state index contributed by atoms with van der Waals surface area (Å²) >= 11 is 1.62. The van der Waals surface area contributed by atoms with Gasteiger partial charge in [-0.3, -0.25) is 14.5 Å². The van der Waals surface area contributed by atoms with Crippen LogP contribution in [-0.4, -0.2) is 17.6 Å². The zero-order chi connectivity index (χ0) is 20.5. The number of hydrogen-bond acceptors (Lipinski definition) is 3. The highest BCUT2D eigenvalue weighted by Crippen LogP contribution is 2.42.